The fourth-order valence-electron chi connectivity index (χ4n) is 2.11. The third-order valence-corrected chi connectivity index (χ3v) is 3.63. The summed E-state index contributed by atoms with van der Waals surface area (Å²) >= 11 is 1.47. The molecule has 2 heterocycles. The predicted octanol–water partition coefficient (Wildman–Crippen LogP) is 3.16. The molecule has 0 N–H and O–H groups in total. The topological polar surface area (TPSA) is 43.7 Å². The molecule has 3 rings (SSSR count). The number of benzene rings is 1. The molecule has 4 nitrogen and oxygen atoms in total. The highest BCUT2D eigenvalue weighted by Crippen LogP contribution is 2.36. The molecule has 1 aromatic heterocycles. The van der Waals surface area contributed by atoms with E-state index in [4.69, 9.17) is 16.0 Å². The molecule has 0 spiro atoms. The number of oxime groups is 1. The van der Waals surface area contributed by atoms with Crippen LogP contribution in [-0.4, -0.2) is 17.3 Å². The van der Waals surface area contributed by atoms with Crippen LogP contribution in [0.25, 0.3) is 0 Å². The maximum absolute atomic E-state index is 14.1. The van der Waals surface area contributed by atoms with Gasteiger partial charge in [0.25, 0.3) is 0 Å². The van der Waals surface area contributed by atoms with Crippen molar-refractivity contribution in [1.29, 1.82) is 0 Å². The molecule has 0 fully saturated rings. The highest BCUT2D eigenvalue weighted by Gasteiger charge is 2.30. The Kier molecular flexibility index (Phi) is 3.84. The Morgan fingerprint density at radius 3 is 3.19 bits per heavy atom. The second kappa shape index (κ2) is 5.94. The molecule has 0 aliphatic carbocycles. The molecule has 1 atom stereocenters. The van der Waals surface area contributed by atoms with Crippen molar-refractivity contribution < 1.29 is 14.0 Å². The molecule has 1 aliphatic rings. The summed E-state index contributed by atoms with van der Waals surface area (Å²) in [4.78, 5) is 9.53. The first-order valence-electron chi connectivity index (χ1n) is 6.25. The normalized spacial score (nSPS) is 17.0. The average molecular weight is 302 g/mol. The van der Waals surface area contributed by atoms with Crippen LogP contribution >= 0.6 is 11.3 Å². The minimum atomic E-state index is -0.532. The summed E-state index contributed by atoms with van der Waals surface area (Å²) in [5.74, 6) is 2.35. The van der Waals surface area contributed by atoms with E-state index in [0.717, 1.165) is 5.69 Å². The number of hydrogen-bond donors (Lipinski definition) is 0. The molecule has 0 radical (unpaired) electrons. The number of halogens is 1. The Labute approximate surface area is 125 Å². The Morgan fingerprint density at radius 2 is 2.43 bits per heavy atom. The lowest BCUT2D eigenvalue weighted by Crippen LogP contribution is -2.07. The number of hydrogen-bond acceptors (Lipinski definition) is 5. The molecule has 1 aliphatic heterocycles. The zero-order chi connectivity index (χ0) is 14.7. The second-order valence-electron chi connectivity index (χ2n) is 4.35. The lowest BCUT2D eigenvalue weighted by molar-refractivity contribution is 0.0804. The molecule has 21 heavy (non-hydrogen) atoms. The summed E-state index contributed by atoms with van der Waals surface area (Å²) in [6.07, 6.45) is 5.08. The third-order valence-electron chi connectivity index (χ3n) is 3.04. The van der Waals surface area contributed by atoms with Gasteiger partial charge in [0.05, 0.1) is 16.8 Å². The van der Waals surface area contributed by atoms with Crippen LogP contribution in [0.1, 0.15) is 23.8 Å². The maximum atomic E-state index is 14.1. The van der Waals surface area contributed by atoms with E-state index in [1.165, 1.54) is 17.4 Å². The molecule has 0 saturated carbocycles. The first kappa shape index (κ1) is 13.6. The van der Waals surface area contributed by atoms with Gasteiger partial charge in [-0.05, 0) is 12.1 Å². The van der Waals surface area contributed by atoms with E-state index in [-0.39, 0.29) is 6.61 Å². The summed E-state index contributed by atoms with van der Waals surface area (Å²) in [6.45, 7) is 0.0724. The van der Waals surface area contributed by atoms with Crippen molar-refractivity contribution in [3.63, 3.8) is 0 Å². The van der Waals surface area contributed by atoms with E-state index >= 15 is 0 Å². The van der Waals surface area contributed by atoms with Gasteiger partial charge in [0.1, 0.15) is 23.9 Å². The number of nitrogens with zero attached hydrogens (tertiary/aromatic N) is 2. The molecule has 106 valence electrons. The maximum Gasteiger partial charge on any atom is 0.164 e. The van der Waals surface area contributed by atoms with Crippen molar-refractivity contribution in [3.8, 4) is 18.1 Å². The largest absolute Gasteiger partial charge is 0.480 e. The molecular formula is C15H11FN2O2S. The summed E-state index contributed by atoms with van der Waals surface area (Å²) < 4.78 is 19.5. The van der Waals surface area contributed by atoms with E-state index in [2.05, 4.69) is 16.1 Å². The van der Waals surface area contributed by atoms with Gasteiger partial charge >= 0.3 is 0 Å². The lowest BCUT2D eigenvalue weighted by Gasteiger charge is -2.14. The van der Waals surface area contributed by atoms with Crippen LogP contribution in [0.2, 0.25) is 0 Å². The molecule has 1 aromatic carbocycles. The van der Waals surface area contributed by atoms with Crippen LogP contribution in [-0.2, 0) is 4.84 Å². The van der Waals surface area contributed by atoms with Crippen molar-refractivity contribution in [3.05, 3.63) is 46.2 Å². The Morgan fingerprint density at radius 1 is 1.52 bits per heavy atom. The predicted molar refractivity (Wildman–Crippen MR) is 77.8 cm³/mol. The molecule has 0 bridgehead atoms. The zero-order valence-corrected chi connectivity index (χ0v) is 11.8. The van der Waals surface area contributed by atoms with Gasteiger partial charge < -0.3 is 9.57 Å². The first-order valence-corrected chi connectivity index (χ1v) is 7.20. The number of thiazole rings is 1. The summed E-state index contributed by atoms with van der Waals surface area (Å²) in [5, 5.41) is 5.87. The van der Waals surface area contributed by atoms with Crippen molar-refractivity contribution >= 4 is 17.0 Å². The molecule has 1 unspecified atom stereocenters. The highest BCUT2D eigenvalue weighted by molar-refractivity contribution is 7.07. The van der Waals surface area contributed by atoms with Crippen LogP contribution < -0.4 is 4.74 Å². The monoisotopic (exact) mass is 302 g/mol. The van der Waals surface area contributed by atoms with Crippen molar-refractivity contribution in [2.24, 2.45) is 5.16 Å². The smallest absolute Gasteiger partial charge is 0.164 e. The Hall–Kier alpha value is -2.39. The third kappa shape index (κ3) is 2.73. The van der Waals surface area contributed by atoms with E-state index in [1.807, 2.05) is 5.38 Å². The van der Waals surface area contributed by atoms with Gasteiger partial charge in [-0.15, -0.1) is 17.8 Å². The first-order chi connectivity index (χ1) is 10.3. The molecule has 0 amide bonds. The quantitative estimate of drug-likeness (QED) is 0.815. The number of ether oxygens (including phenoxy) is 1. The Bertz CT molecular complexity index is 707. The van der Waals surface area contributed by atoms with Crippen LogP contribution in [0, 0.1) is 18.2 Å². The van der Waals surface area contributed by atoms with E-state index in [0.29, 0.717) is 23.4 Å². The molecular weight excluding hydrogens is 291 g/mol. The van der Waals surface area contributed by atoms with Gasteiger partial charge in [-0.3, -0.25) is 0 Å². The van der Waals surface area contributed by atoms with Crippen LogP contribution in [0.15, 0.2) is 34.2 Å². The molecule has 2 aromatic rings. The van der Waals surface area contributed by atoms with Gasteiger partial charge in [0, 0.05) is 11.8 Å². The van der Waals surface area contributed by atoms with Crippen LogP contribution in [0.3, 0.4) is 0 Å². The van der Waals surface area contributed by atoms with Crippen LogP contribution in [0.5, 0.6) is 5.75 Å². The number of rotatable bonds is 4. The number of aromatic nitrogens is 1. The average Bonchev–Trinajstić information content (AvgIpc) is 3.15. The van der Waals surface area contributed by atoms with Crippen molar-refractivity contribution in [2.75, 3.05) is 6.61 Å². The summed E-state index contributed by atoms with van der Waals surface area (Å²) in [5.41, 5.74) is 3.51. The fraction of sp³-hybridized carbons (Fsp3) is 0.200. The van der Waals surface area contributed by atoms with Gasteiger partial charge in [-0.25, -0.2) is 9.37 Å². The Balaban J connectivity index is 1.84. The van der Waals surface area contributed by atoms with E-state index < -0.39 is 11.9 Å². The van der Waals surface area contributed by atoms with E-state index in [1.54, 1.807) is 17.6 Å². The SMILES string of the molecule is C#CCOc1cccc(F)c1C1CC(c2cscn2)=NO1. The zero-order valence-electron chi connectivity index (χ0n) is 11.0. The summed E-state index contributed by atoms with van der Waals surface area (Å²) in [6, 6.07) is 4.60. The lowest BCUT2D eigenvalue weighted by atomic mass is 10.0. The van der Waals surface area contributed by atoms with E-state index in [9.17, 15) is 4.39 Å². The van der Waals surface area contributed by atoms with Crippen LogP contribution in [0.4, 0.5) is 4.39 Å². The minimum Gasteiger partial charge on any atom is -0.480 e. The van der Waals surface area contributed by atoms with Gasteiger partial charge in [-0.2, -0.15) is 0 Å². The minimum absolute atomic E-state index is 0.0724. The van der Waals surface area contributed by atoms with Crippen molar-refractivity contribution in [1.82, 2.24) is 4.98 Å². The molecule has 6 heteroatoms. The number of terminal acetylenes is 1. The standard InChI is InChI=1S/C15H11FN2O2S/c1-2-6-19-13-5-3-4-10(16)15(13)14-7-11(18-20-14)12-8-21-9-17-12/h1,3-5,8-9,14H,6-7H2. The van der Waals surface area contributed by atoms with Gasteiger partial charge in [-0.1, -0.05) is 17.1 Å². The summed E-state index contributed by atoms with van der Waals surface area (Å²) in [7, 11) is 0. The van der Waals surface area contributed by atoms with Gasteiger partial charge in [0.2, 0.25) is 0 Å². The van der Waals surface area contributed by atoms with Gasteiger partial charge in [0.15, 0.2) is 6.10 Å². The fourth-order valence-corrected chi connectivity index (χ4v) is 2.67. The van der Waals surface area contributed by atoms with Crippen molar-refractivity contribution in [2.45, 2.75) is 12.5 Å². The highest BCUT2D eigenvalue weighted by atomic mass is 32.1. The second-order valence-corrected chi connectivity index (χ2v) is 5.07. The molecule has 0 saturated heterocycles.